The number of carbonyl (C=O) groups is 1. The molecule has 3 rings (SSSR count). The zero-order valence-electron chi connectivity index (χ0n) is 13.9. The standard InChI is InChI=1S/C19H23N3O2/c1-14-11-20-8-7-16(14)12-21-17-9-18(10-17)22-19(23)24-13-15-5-3-2-4-6-15/h2-8,11,17-18,21H,9-10,12-13H2,1H3,(H,22,23). The first kappa shape index (κ1) is 16.5. The number of pyridine rings is 1. The van der Waals surface area contributed by atoms with E-state index in [4.69, 9.17) is 4.74 Å². The van der Waals surface area contributed by atoms with Crippen LogP contribution in [0.4, 0.5) is 4.79 Å². The molecule has 1 fully saturated rings. The van der Waals surface area contributed by atoms with E-state index in [2.05, 4.69) is 22.5 Å². The second kappa shape index (κ2) is 7.93. The summed E-state index contributed by atoms with van der Waals surface area (Å²) in [5.41, 5.74) is 3.46. The van der Waals surface area contributed by atoms with E-state index in [1.54, 1.807) is 0 Å². The Kier molecular flexibility index (Phi) is 5.43. The normalized spacial score (nSPS) is 19.4. The lowest BCUT2D eigenvalue weighted by Gasteiger charge is -2.36. The van der Waals surface area contributed by atoms with E-state index in [1.807, 2.05) is 48.8 Å². The molecule has 0 unspecified atom stereocenters. The van der Waals surface area contributed by atoms with Gasteiger partial charge < -0.3 is 15.4 Å². The van der Waals surface area contributed by atoms with Crippen LogP contribution in [0.3, 0.4) is 0 Å². The highest BCUT2D eigenvalue weighted by Gasteiger charge is 2.30. The molecule has 5 heteroatoms. The van der Waals surface area contributed by atoms with Crippen LogP contribution in [0.5, 0.6) is 0 Å². The van der Waals surface area contributed by atoms with Crippen LogP contribution in [0.2, 0.25) is 0 Å². The van der Waals surface area contributed by atoms with Gasteiger partial charge in [-0.1, -0.05) is 30.3 Å². The van der Waals surface area contributed by atoms with Gasteiger partial charge in [0.1, 0.15) is 6.61 Å². The van der Waals surface area contributed by atoms with Gasteiger partial charge in [0, 0.05) is 31.0 Å². The van der Waals surface area contributed by atoms with Crippen LogP contribution >= 0.6 is 0 Å². The molecule has 5 nitrogen and oxygen atoms in total. The van der Waals surface area contributed by atoms with Crippen molar-refractivity contribution in [1.82, 2.24) is 15.6 Å². The maximum absolute atomic E-state index is 11.8. The minimum Gasteiger partial charge on any atom is -0.445 e. The first-order valence-corrected chi connectivity index (χ1v) is 8.31. The number of hydrogen-bond acceptors (Lipinski definition) is 4. The topological polar surface area (TPSA) is 63.2 Å². The van der Waals surface area contributed by atoms with Crippen molar-refractivity contribution < 1.29 is 9.53 Å². The van der Waals surface area contributed by atoms with Gasteiger partial charge in [-0.05, 0) is 42.5 Å². The average molecular weight is 325 g/mol. The minimum atomic E-state index is -0.340. The molecule has 0 aliphatic heterocycles. The third-order valence-electron chi connectivity index (χ3n) is 4.39. The van der Waals surface area contributed by atoms with Gasteiger partial charge in [-0.2, -0.15) is 0 Å². The third kappa shape index (κ3) is 4.55. The van der Waals surface area contributed by atoms with Crippen molar-refractivity contribution >= 4 is 6.09 Å². The summed E-state index contributed by atoms with van der Waals surface area (Å²) in [5, 5.41) is 6.43. The number of aromatic nitrogens is 1. The lowest BCUT2D eigenvalue weighted by Crippen LogP contribution is -2.52. The van der Waals surface area contributed by atoms with Crippen molar-refractivity contribution in [3.8, 4) is 0 Å². The summed E-state index contributed by atoms with van der Waals surface area (Å²) >= 11 is 0. The Morgan fingerprint density at radius 3 is 2.75 bits per heavy atom. The van der Waals surface area contributed by atoms with Crippen LogP contribution < -0.4 is 10.6 Å². The molecule has 2 aromatic rings. The minimum absolute atomic E-state index is 0.198. The van der Waals surface area contributed by atoms with Gasteiger partial charge in [-0.15, -0.1) is 0 Å². The number of benzene rings is 1. The summed E-state index contributed by atoms with van der Waals surface area (Å²) in [6.07, 6.45) is 5.23. The Labute approximate surface area is 142 Å². The molecule has 1 aliphatic rings. The Hall–Kier alpha value is -2.40. The monoisotopic (exact) mass is 325 g/mol. The number of nitrogens with one attached hydrogen (secondary N) is 2. The van der Waals surface area contributed by atoms with Gasteiger partial charge >= 0.3 is 6.09 Å². The van der Waals surface area contributed by atoms with E-state index in [1.165, 1.54) is 11.1 Å². The van der Waals surface area contributed by atoms with E-state index in [9.17, 15) is 4.79 Å². The summed E-state index contributed by atoms with van der Waals surface area (Å²) in [6.45, 7) is 3.21. The zero-order chi connectivity index (χ0) is 16.8. The van der Waals surface area contributed by atoms with Crippen LogP contribution in [-0.4, -0.2) is 23.2 Å². The summed E-state index contributed by atoms with van der Waals surface area (Å²) < 4.78 is 5.24. The molecular weight excluding hydrogens is 302 g/mol. The van der Waals surface area contributed by atoms with Gasteiger partial charge in [0.05, 0.1) is 0 Å². The predicted octanol–water partition coefficient (Wildman–Crippen LogP) is 2.94. The fraction of sp³-hybridized carbons (Fsp3) is 0.368. The molecule has 1 saturated carbocycles. The number of ether oxygens (including phenoxy) is 1. The Morgan fingerprint density at radius 2 is 2.00 bits per heavy atom. The average Bonchev–Trinajstić information content (AvgIpc) is 2.57. The second-order valence-corrected chi connectivity index (χ2v) is 6.25. The Morgan fingerprint density at radius 1 is 1.21 bits per heavy atom. The molecule has 0 spiro atoms. The molecule has 126 valence electrons. The SMILES string of the molecule is Cc1cnccc1CNC1CC(NC(=O)OCc2ccccc2)C1. The molecular formula is C19H23N3O2. The zero-order valence-corrected chi connectivity index (χ0v) is 13.9. The number of amides is 1. The maximum Gasteiger partial charge on any atom is 0.407 e. The number of nitrogens with zero attached hydrogens (tertiary/aromatic N) is 1. The summed E-state index contributed by atoms with van der Waals surface area (Å²) in [4.78, 5) is 15.9. The van der Waals surface area contributed by atoms with Gasteiger partial charge in [0.25, 0.3) is 0 Å². The van der Waals surface area contributed by atoms with E-state index in [0.29, 0.717) is 12.6 Å². The van der Waals surface area contributed by atoms with Crippen molar-refractivity contribution in [1.29, 1.82) is 0 Å². The molecule has 1 heterocycles. The van der Waals surface area contributed by atoms with Gasteiger partial charge in [-0.3, -0.25) is 4.98 Å². The summed E-state index contributed by atoms with van der Waals surface area (Å²) in [5.74, 6) is 0. The quantitative estimate of drug-likeness (QED) is 0.857. The molecule has 1 aliphatic carbocycles. The van der Waals surface area contributed by atoms with Crippen LogP contribution in [0.15, 0.2) is 48.8 Å². The first-order valence-electron chi connectivity index (χ1n) is 8.31. The highest BCUT2D eigenvalue weighted by molar-refractivity contribution is 5.67. The van der Waals surface area contributed by atoms with Crippen molar-refractivity contribution in [3.63, 3.8) is 0 Å². The molecule has 0 bridgehead atoms. The lowest BCUT2D eigenvalue weighted by atomic mass is 9.86. The fourth-order valence-electron chi connectivity index (χ4n) is 2.79. The van der Waals surface area contributed by atoms with Crippen molar-refractivity contribution in [2.75, 3.05) is 0 Å². The van der Waals surface area contributed by atoms with Crippen molar-refractivity contribution in [2.45, 2.75) is 45.0 Å². The largest absolute Gasteiger partial charge is 0.445 e. The molecule has 1 amide bonds. The van der Waals surface area contributed by atoms with Crippen molar-refractivity contribution in [2.24, 2.45) is 0 Å². The van der Waals surface area contributed by atoms with E-state index in [0.717, 1.165) is 24.9 Å². The third-order valence-corrected chi connectivity index (χ3v) is 4.39. The van der Waals surface area contributed by atoms with Crippen LogP contribution in [0, 0.1) is 6.92 Å². The number of aryl methyl sites for hydroxylation is 1. The van der Waals surface area contributed by atoms with E-state index in [-0.39, 0.29) is 12.1 Å². The van der Waals surface area contributed by atoms with Crippen LogP contribution in [0.25, 0.3) is 0 Å². The molecule has 1 aromatic carbocycles. The van der Waals surface area contributed by atoms with Crippen LogP contribution in [-0.2, 0) is 17.9 Å². The maximum atomic E-state index is 11.8. The molecule has 0 atom stereocenters. The summed E-state index contributed by atoms with van der Waals surface area (Å²) in [7, 11) is 0. The molecule has 24 heavy (non-hydrogen) atoms. The first-order chi connectivity index (χ1) is 11.7. The highest BCUT2D eigenvalue weighted by Crippen LogP contribution is 2.21. The highest BCUT2D eigenvalue weighted by atomic mass is 16.5. The van der Waals surface area contributed by atoms with Gasteiger partial charge in [-0.25, -0.2) is 4.79 Å². The van der Waals surface area contributed by atoms with E-state index >= 15 is 0 Å². The summed E-state index contributed by atoms with van der Waals surface area (Å²) in [6, 6.07) is 12.4. The lowest BCUT2D eigenvalue weighted by molar-refractivity contribution is 0.125. The number of carbonyl (C=O) groups excluding carboxylic acids is 1. The van der Waals surface area contributed by atoms with Gasteiger partial charge in [0.2, 0.25) is 0 Å². The van der Waals surface area contributed by atoms with E-state index < -0.39 is 0 Å². The molecule has 2 N–H and O–H groups in total. The number of rotatable bonds is 6. The van der Waals surface area contributed by atoms with Gasteiger partial charge in [0.15, 0.2) is 0 Å². The fourth-order valence-corrected chi connectivity index (χ4v) is 2.79. The Bertz CT molecular complexity index is 669. The molecule has 1 aromatic heterocycles. The number of alkyl carbamates (subject to hydrolysis) is 1. The second-order valence-electron chi connectivity index (χ2n) is 6.25. The molecule has 0 radical (unpaired) electrons. The Balaban J connectivity index is 1.32. The van der Waals surface area contributed by atoms with Crippen LogP contribution in [0.1, 0.15) is 29.5 Å². The van der Waals surface area contributed by atoms with Crippen molar-refractivity contribution in [3.05, 3.63) is 65.5 Å². The molecule has 0 saturated heterocycles. The number of hydrogen-bond donors (Lipinski definition) is 2. The predicted molar refractivity (Wildman–Crippen MR) is 92.4 cm³/mol. The smallest absolute Gasteiger partial charge is 0.407 e.